The van der Waals surface area contributed by atoms with Gasteiger partial charge >= 0.3 is 5.97 Å². The molecule has 0 bridgehead atoms. The Bertz CT molecular complexity index is 1030. The maximum absolute atomic E-state index is 12.1. The van der Waals surface area contributed by atoms with Crippen LogP contribution in [0.2, 0.25) is 0 Å². The van der Waals surface area contributed by atoms with Crippen LogP contribution >= 0.6 is 0 Å². The van der Waals surface area contributed by atoms with Crippen LogP contribution in [0.25, 0.3) is 0 Å². The fourth-order valence-corrected chi connectivity index (χ4v) is 3.69. The van der Waals surface area contributed by atoms with Crippen LogP contribution in [-0.2, 0) is 9.47 Å². The molecule has 162 valence electrons. The lowest BCUT2D eigenvalue weighted by molar-refractivity contribution is 0.0597. The van der Waals surface area contributed by atoms with E-state index in [4.69, 9.17) is 9.47 Å². The van der Waals surface area contributed by atoms with Gasteiger partial charge in [0.25, 0.3) is 0 Å². The summed E-state index contributed by atoms with van der Waals surface area (Å²) in [7, 11) is 1.28. The maximum atomic E-state index is 12.1. The molecule has 2 heterocycles. The molecule has 9 nitrogen and oxygen atoms in total. The summed E-state index contributed by atoms with van der Waals surface area (Å²) >= 11 is 0. The Morgan fingerprint density at radius 1 is 1.35 bits per heavy atom. The fraction of sp³-hybridized carbons (Fsp3) is 0.455. The molecule has 9 heteroatoms. The molecule has 1 saturated carbocycles. The summed E-state index contributed by atoms with van der Waals surface area (Å²) < 4.78 is 10.3. The van der Waals surface area contributed by atoms with Crippen molar-refractivity contribution in [1.82, 2.24) is 9.97 Å². The largest absolute Gasteiger partial charge is 0.507 e. The number of anilines is 3. The molecule has 0 unspecified atom stereocenters. The number of benzene rings is 1. The number of methoxy groups -OCH3 is 1. The van der Waals surface area contributed by atoms with Crippen molar-refractivity contribution in [1.29, 1.82) is 5.26 Å². The molecule has 1 saturated heterocycles. The van der Waals surface area contributed by atoms with Crippen molar-refractivity contribution in [3.63, 3.8) is 0 Å². The standard InChI is InChI=1S/C22H25N5O4/c1-12-10-24-22(27-20(12)26-18-11-31-6-5-14(18)9-23)25-15-7-16(13-3-4-13)19(28)17(8-15)21(29)30-2/h7-8,10,13-14,18,28H,3-6,11H2,1-2H3,(H2,24,25,26,27)/t14-,18+/m1/s1. The molecular weight excluding hydrogens is 398 g/mol. The van der Waals surface area contributed by atoms with Gasteiger partial charge in [-0.2, -0.15) is 10.2 Å². The van der Waals surface area contributed by atoms with E-state index >= 15 is 0 Å². The topological polar surface area (TPSA) is 129 Å². The summed E-state index contributed by atoms with van der Waals surface area (Å²) in [6, 6.07) is 5.53. The van der Waals surface area contributed by atoms with Gasteiger partial charge in [-0.15, -0.1) is 0 Å². The predicted octanol–water partition coefficient (Wildman–Crippen LogP) is 3.24. The summed E-state index contributed by atoms with van der Waals surface area (Å²) in [5, 5.41) is 26.3. The number of nitriles is 1. The molecule has 2 atom stereocenters. The van der Waals surface area contributed by atoms with E-state index in [1.165, 1.54) is 13.2 Å². The number of nitrogens with zero attached hydrogens (tertiary/aromatic N) is 3. The molecule has 2 aliphatic rings. The van der Waals surface area contributed by atoms with Crippen LogP contribution in [0.15, 0.2) is 18.3 Å². The molecule has 3 N–H and O–H groups in total. The highest BCUT2D eigenvalue weighted by Gasteiger charge is 2.30. The summed E-state index contributed by atoms with van der Waals surface area (Å²) in [6.45, 7) is 2.91. The Morgan fingerprint density at radius 2 is 2.16 bits per heavy atom. The van der Waals surface area contributed by atoms with Crippen molar-refractivity contribution in [3.05, 3.63) is 35.0 Å². The van der Waals surface area contributed by atoms with Crippen LogP contribution in [0.1, 0.15) is 46.7 Å². The number of aromatic hydroxyl groups is 1. The number of phenols is 1. The van der Waals surface area contributed by atoms with Crippen LogP contribution in [0, 0.1) is 24.2 Å². The lowest BCUT2D eigenvalue weighted by Crippen LogP contribution is -2.38. The second kappa shape index (κ2) is 8.78. The van der Waals surface area contributed by atoms with Crippen molar-refractivity contribution < 1.29 is 19.4 Å². The van der Waals surface area contributed by atoms with Crippen molar-refractivity contribution >= 4 is 23.4 Å². The van der Waals surface area contributed by atoms with Gasteiger partial charge in [0.15, 0.2) is 0 Å². The number of aromatic nitrogens is 2. The van der Waals surface area contributed by atoms with Crippen LogP contribution in [0.3, 0.4) is 0 Å². The van der Waals surface area contributed by atoms with Gasteiger partial charge in [0.2, 0.25) is 5.95 Å². The first-order chi connectivity index (χ1) is 15.0. The number of hydrogen-bond acceptors (Lipinski definition) is 9. The number of carbonyl (C=O) groups is 1. The van der Waals surface area contributed by atoms with Crippen molar-refractivity contribution in [3.8, 4) is 11.8 Å². The quantitative estimate of drug-likeness (QED) is 0.473. The van der Waals surface area contributed by atoms with E-state index in [1.54, 1.807) is 6.20 Å². The summed E-state index contributed by atoms with van der Waals surface area (Å²) in [4.78, 5) is 21.0. The highest BCUT2D eigenvalue weighted by molar-refractivity contribution is 5.94. The molecule has 1 aromatic heterocycles. The number of ether oxygens (including phenoxy) is 2. The van der Waals surface area contributed by atoms with Gasteiger partial charge in [-0.05, 0) is 49.8 Å². The lowest BCUT2D eigenvalue weighted by Gasteiger charge is -2.28. The Labute approximate surface area is 180 Å². The minimum Gasteiger partial charge on any atom is -0.507 e. The molecule has 1 aliphatic heterocycles. The lowest BCUT2D eigenvalue weighted by atomic mass is 9.96. The zero-order valence-corrected chi connectivity index (χ0v) is 17.5. The number of aryl methyl sites for hydroxylation is 1. The average Bonchev–Trinajstić information content (AvgIpc) is 3.62. The molecule has 0 amide bonds. The summed E-state index contributed by atoms with van der Waals surface area (Å²) in [5.74, 6) is 0.391. The fourth-order valence-electron chi connectivity index (χ4n) is 3.69. The molecule has 1 aromatic carbocycles. The smallest absolute Gasteiger partial charge is 0.341 e. The molecule has 31 heavy (non-hydrogen) atoms. The molecule has 2 aromatic rings. The third-order valence-electron chi connectivity index (χ3n) is 5.63. The first kappa shape index (κ1) is 20.9. The first-order valence-electron chi connectivity index (χ1n) is 10.3. The predicted molar refractivity (Wildman–Crippen MR) is 113 cm³/mol. The van der Waals surface area contributed by atoms with Gasteiger partial charge in [-0.25, -0.2) is 9.78 Å². The summed E-state index contributed by atoms with van der Waals surface area (Å²) in [6.07, 6.45) is 4.30. The highest BCUT2D eigenvalue weighted by atomic mass is 16.5. The Morgan fingerprint density at radius 3 is 2.87 bits per heavy atom. The van der Waals surface area contributed by atoms with Gasteiger partial charge in [0.05, 0.1) is 31.7 Å². The first-order valence-corrected chi connectivity index (χ1v) is 10.3. The van der Waals surface area contributed by atoms with Crippen molar-refractivity contribution in [2.75, 3.05) is 31.0 Å². The number of rotatable bonds is 6. The van der Waals surface area contributed by atoms with Gasteiger partial charge in [-0.1, -0.05) is 0 Å². The molecular formula is C22H25N5O4. The zero-order chi connectivity index (χ0) is 22.0. The van der Waals surface area contributed by atoms with Crippen LogP contribution in [0.4, 0.5) is 17.5 Å². The van der Waals surface area contributed by atoms with Gasteiger partial charge in [0.1, 0.15) is 17.1 Å². The number of hydrogen-bond donors (Lipinski definition) is 3. The Balaban J connectivity index is 1.60. The maximum Gasteiger partial charge on any atom is 0.341 e. The number of carbonyl (C=O) groups excluding carboxylic acids is 1. The molecule has 4 rings (SSSR count). The molecule has 0 spiro atoms. The van der Waals surface area contributed by atoms with E-state index < -0.39 is 5.97 Å². The second-order valence-electron chi connectivity index (χ2n) is 7.93. The molecule has 1 aliphatic carbocycles. The third-order valence-corrected chi connectivity index (χ3v) is 5.63. The minimum atomic E-state index is -0.602. The van der Waals surface area contributed by atoms with E-state index in [9.17, 15) is 15.2 Å². The van der Waals surface area contributed by atoms with Gasteiger partial charge < -0.3 is 25.2 Å². The zero-order valence-electron chi connectivity index (χ0n) is 17.5. The SMILES string of the molecule is COC(=O)c1cc(Nc2ncc(C)c(N[C@H]3COCC[C@@H]3C#N)n2)cc(C2CC2)c1O. The van der Waals surface area contributed by atoms with E-state index in [2.05, 4.69) is 26.7 Å². The average molecular weight is 423 g/mol. The second-order valence-corrected chi connectivity index (χ2v) is 7.93. The van der Waals surface area contributed by atoms with Crippen molar-refractivity contribution in [2.45, 2.75) is 38.1 Å². The van der Waals surface area contributed by atoms with E-state index in [1.807, 2.05) is 13.0 Å². The van der Waals surface area contributed by atoms with E-state index in [0.29, 0.717) is 42.7 Å². The Hall–Kier alpha value is -3.38. The van der Waals surface area contributed by atoms with E-state index in [-0.39, 0.29) is 29.2 Å². The van der Waals surface area contributed by atoms with Crippen LogP contribution in [-0.4, -0.2) is 47.4 Å². The minimum absolute atomic E-state index is 0.0353. The number of esters is 1. The molecule has 2 fully saturated rings. The summed E-state index contributed by atoms with van der Waals surface area (Å²) in [5.41, 5.74) is 2.25. The normalized spacial score (nSPS) is 20.5. The number of phenolic OH excluding ortho intramolecular Hbond substituents is 1. The Kier molecular flexibility index (Phi) is 5.91. The van der Waals surface area contributed by atoms with E-state index in [0.717, 1.165) is 18.4 Å². The molecule has 0 radical (unpaired) electrons. The number of nitrogens with one attached hydrogen (secondary N) is 2. The van der Waals surface area contributed by atoms with Crippen molar-refractivity contribution in [2.24, 2.45) is 5.92 Å². The highest BCUT2D eigenvalue weighted by Crippen LogP contribution is 2.46. The third kappa shape index (κ3) is 4.54. The monoisotopic (exact) mass is 423 g/mol. The van der Waals surface area contributed by atoms with Gasteiger partial charge in [-0.3, -0.25) is 0 Å². The van der Waals surface area contributed by atoms with Crippen LogP contribution in [0.5, 0.6) is 5.75 Å². The van der Waals surface area contributed by atoms with Gasteiger partial charge in [0, 0.05) is 24.1 Å². The van der Waals surface area contributed by atoms with Crippen LogP contribution < -0.4 is 10.6 Å².